The van der Waals surface area contributed by atoms with Gasteiger partial charge in [0.15, 0.2) is 14.9 Å². The number of nitrogens with one attached hydrogen (secondary N) is 2. The molecule has 1 aliphatic rings. The molecular weight excluding hydrogens is 491 g/mol. The van der Waals surface area contributed by atoms with Gasteiger partial charge in [-0.05, 0) is 69.2 Å². The summed E-state index contributed by atoms with van der Waals surface area (Å²) in [5.41, 5.74) is 2.11. The van der Waals surface area contributed by atoms with E-state index in [1.165, 1.54) is 16.8 Å². The SMILES string of the molecule is CN1CCC(Nc2cccc3c2cc(C#CCNc2ccc(S(C)(=O)=O)nc2)n3CC(F)(F)F)CC1. The van der Waals surface area contributed by atoms with E-state index >= 15 is 0 Å². The van der Waals surface area contributed by atoms with Crippen molar-refractivity contribution in [2.45, 2.75) is 36.6 Å². The Morgan fingerprint density at radius 3 is 2.56 bits per heavy atom. The van der Waals surface area contributed by atoms with E-state index in [1.54, 1.807) is 24.3 Å². The van der Waals surface area contributed by atoms with Crippen LogP contribution in [0.4, 0.5) is 24.5 Å². The fraction of sp³-hybridized carbons (Fsp3) is 0.400. The number of halogens is 3. The number of pyridine rings is 1. The van der Waals surface area contributed by atoms with Crippen LogP contribution in [0.15, 0.2) is 47.6 Å². The Balaban J connectivity index is 1.56. The van der Waals surface area contributed by atoms with E-state index in [-0.39, 0.29) is 23.3 Å². The van der Waals surface area contributed by atoms with E-state index in [9.17, 15) is 21.6 Å². The Hall–Kier alpha value is -3.23. The summed E-state index contributed by atoms with van der Waals surface area (Å²) in [6, 6.07) is 10.2. The number of fused-ring (bicyclic) bond motifs is 1. The molecule has 3 heterocycles. The lowest BCUT2D eigenvalue weighted by Gasteiger charge is -2.30. The van der Waals surface area contributed by atoms with Crippen LogP contribution < -0.4 is 10.6 Å². The van der Waals surface area contributed by atoms with Crippen LogP contribution in [0.25, 0.3) is 10.9 Å². The van der Waals surface area contributed by atoms with E-state index < -0.39 is 22.6 Å². The van der Waals surface area contributed by atoms with E-state index in [0.717, 1.165) is 37.9 Å². The quantitative estimate of drug-likeness (QED) is 0.480. The standard InChI is InChI=1S/C25H28F3N5O2S/c1-32-13-10-18(11-14-32)31-22-6-3-7-23-21(22)15-20(33(23)17-25(26,27)28)5-4-12-29-19-8-9-24(30-16-19)36(2,34)35/h3,6-9,15-16,18,29,31H,10-14,17H2,1-2H3. The fourth-order valence-corrected chi connectivity index (χ4v) is 4.78. The third kappa shape index (κ3) is 6.50. The van der Waals surface area contributed by atoms with Gasteiger partial charge in [0.25, 0.3) is 0 Å². The molecule has 2 N–H and O–H groups in total. The highest BCUT2D eigenvalue weighted by Gasteiger charge is 2.30. The van der Waals surface area contributed by atoms with Gasteiger partial charge in [-0.3, -0.25) is 0 Å². The smallest absolute Gasteiger partial charge is 0.382 e. The summed E-state index contributed by atoms with van der Waals surface area (Å²) in [6.07, 6.45) is -0.0175. The zero-order valence-electron chi connectivity index (χ0n) is 20.1. The van der Waals surface area contributed by atoms with Crippen LogP contribution in [0.1, 0.15) is 18.5 Å². The van der Waals surface area contributed by atoms with Crippen LogP contribution in [-0.4, -0.2) is 68.0 Å². The Morgan fingerprint density at radius 1 is 1.17 bits per heavy atom. The first kappa shape index (κ1) is 25.9. The third-order valence-electron chi connectivity index (χ3n) is 6.07. The number of rotatable bonds is 6. The molecule has 4 rings (SSSR count). The van der Waals surface area contributed by atoms with Gasteiger partial charge in [0.1, 0.15) is 6.54 Å². The minimum Gasteiger partial charge on any atom is -0.382 e. The first-order chi connectivity index (χ1) is 17.0. The minimum atomic E-state index is -4.40. The first-order valence-electron chi connectivity index (χ1n) is 11.5. The van der Waals surface area contributed by atoms with Gasteiger partial charge >= 0.3 is 6.18 Å². The summed E-state index contributed by atoms with van der Waals surface area (Å²) in [5.74, 6) is 5.73. The zero-order valence-corrected chi connectivity index (χ0v) is 20.9. The van der Waals surface area contributed by atoms with Crippen LogP contribution in [0.5, 0.6) is 0 Å². The monoisotopic (exact) mass is 519 g/mol. The normalized spacial score (nSPS) is 15.5. The molecule has 0 unspecified atom stereocenters. The predicted molar refractivity (Wildman–Crippen MR) is 135 cm³/mol. The molecule has 1 aromatic carbocycles. The van der Waals surface area contributed by atoms with Crippen molar-refractivity contribution in [2.24, 2.45) is 0 Å². The molecule has 0 amide bonds. The topological polar surface area (TPSA) is 79.3 Å². The van der Waals surface area contributed by atoms with Crippen LogP contribution in [0, 0.1) is 11.8 Å². The maximum absolute atomic E-state index is 13.4. The maximum Gasteiger partial charge on any atom is 0.406 e. The fourth-order valence-electron chi connectivity index (χ4n) is 4.22. The highest BCUT2D eigenvalue weighted by molar-refractivity contribution is 7.90. The average Bonchev–Trinajstić information content (AvgIpc) is 3.15. The molecule has 0 spiro atoms. The number of piperidine rings is 1. The van der Waals surface area contributed by atoms with Gasteiger partial charge in [-0.2, -0.15) is 13.2 Å². The molecule has 36 heavy (non-hydrogen) atoms. The van der Waals surface area contributed by atoms with Crippen LogP contribution in [0.3, 0.4) is 0 Å². The Bertz CT molecular complexity index is 1380. The molecule has 192 valence electrons. The first-order valence-corrected chi connectivity index (χ1v) is 13.4. The Kier molecular flexibility index (Phi) is 7.47. The molecule has 7 nitrogen and oxygen atoms in total. The summed E-state index contributed by atoms with van der Waals surface area (Å²) >= 11 is 0. The number of nitrogens with zero attached hydrogens (tertiary/aromatic N) is 3. The van der Waals surface area contributed by atoms with Gasteiger partial charge in [0, 0.05) is 23.4 Å². The van der Waals surface area contributed by atoms with Crippen LogP contribution in [0.2, 0.25) is 0 Å². The van der Waals surface area contributed by atoms with E-state index in [4.69, 9.17) is 0 Å². The lowest BCUT2D eigenvalue weighted by Crippen LogP contribution is -2.36. The van der Waals surface area contributed by atoms with E-state index in [1.807, 2.05) is 6.07 Å². The summed E-state index contributed by atoms with van der Waals surface area (Å²) in [7, 11) is -1.32. The second-order valence-corrected chi connectivity index (χ2v) is 11.0. The molecule has 0 bridgehead atoms. The highest BCUT2D eigenvalue weighted by atomic mass is 32.2. The number of anilines is 2. The van der Waals surface area contributed by atoms with E-state index in [0.29, 0.717) is 16.6 Å². The Morgan fingerprint density at radius 2 is 1.92 bits per heavy atom. The number of likely N-dealkylation sites (tertiary alicyclic amines) is 1. The van der Waals surface area contributed by atoms with Crippen molar-refractivity contribution in [1.82, 2.24) is 14.5 Å². The molecule has 0 atom stereocenters. The third-order valence-corrected chi connectivity index (χ3v) is 7.08. The molecule has 1 saturated heterocycles. The number of benzene rings is 1. The van der Waals surface area contributed by atoms with Gasteiger partial charge in [0.05, 0.1) is 29.6 Å². The molecule has 3 aromatic rings. The number of hydrogen-bond acceptors (Lipinski definition) is 6. The second-order valence-electron chi connectivity index (χ2n) is 9.00. The Labute approximate surface area is 208 Å². The number of aromatic nitrogens is 2. The summed E-state index contributed by atoms with van der Waals surface area (Å²) in [6.45, 7) is 0.953. The lowest BCUT2D eigenvalue weighted by molar-refractivity contribution is -0.140. The summed E-state index contributed by atoms with van der Waals surface area (Å²) in [4.78, 5) is 6.15. The number of hydrogen-bond donors (Lipinski definition) is 2. The van der Waals surface area contributed by atoms with Gasteiger partial charge < -0.3 is 20.1 Å². The number of alkyl halides is 3. The van der Waals surface area contributed by atoms with Crippen molar-refractivity contribution in [2.75, 3.05) is 43.6 Å². The maximum atomic E-state index is 13.4. The molecular formula is C25H28F3N5O2S. The minimum absolute atomic E-state index is 0.0412. The molecule has 1 fully saturated rings. The van der Waals surface area contributed by atoms with Gasteiger partial charge in [0.2, 0.25) is 0 Å². The molecule has 1 aliphatic heterocycles. The predicted octanol–water partition coefficient (Wildman–Crippen LogP) is 3.97. The molecule has 0 aliphatic carbocycles. The van der Waals surface area contributed by atoms with Crippen molar-refractivity contribution in [3.63, 3.8) is 0 Å². The van der Waals surface area contributed by atoms with Crippen LogP contribution in [-0.2, 0) is 16.4 Å². The van der Waals surface area contributed by atoms with Gasteiger partial charge in [-0.15, -0.1) is 0 Å². The zero-order chi connectivity index (χ0) is 25.9. The molecule has 0 saturated carbocycles. The second kappa shape index (κ2) is 10.4. The highest BCUT2D eigenvalue weighted by Crippen LogP contribution is 2.31. The summed E-state index contributed by atoms with van der Waals surface area (Å²) < 4.78 is 64.5. The van der Waals surface area contributed by atoms with Crippen LogP contribution >= 0.6 is 0 Å². The number of sulfone groups is 1. The summed E-state index contributed by atoms with van der Waals surface area (Å²) in [5, 5.41) is 7.17. The van der Waals surface area contributed by atoms with E-state index in [2.05, 4.69) is 39.4 Å². The van der Waals surface area contributed by atoms with Gasteiger partial charge in [-0.1, -0.05) is 12.0 Å². The van der Waals surface area contributed by atoms with Gasteiger partial charge in [-0.25, -0.2) is 13.4 Å². The van der Waals surface area contributed by atoms with Crippen molar-refractivity contribution in [3.05, 3.63) is 48.3 Å². The average molecular weight is 520 g/mol. The van der Waals surface area contributed by atoms with Crippen molar-refractivity contribution in [1.29, 1.82) is 0 Å². The molecule has 2 aromatic heterocycles. The molecule has 0 radical (unpaired) electrons. The van der Waals surface area contributed by atoms with Crippen molar-refractivity contribution < 1.29 is 21.6 Å². The lowest BCUT2D eigenvalue weighted by atomic mass is 10.0. The van der Waals surface area contributed by atoms with Crippen molar-refractivity contribution in [3.8, 4) is 11.8 Å². The molecule has 11 heteroatoms. The largest absolute Gasteiger partial charge is 0.406 e. The van der Waals surface area contributed by atoms with Crippen molar-refractivity contribution >= 4 is 32.1 Å².